The highest BCUT2D eigenvalue weighted by atomic mass is 16.2. The van der Waals surface area contributed by atoms with E-state index in [1.165, 1.54) is 0 Å². The third-order valence-corrected chi connectivity index (χ3v) is 2.60. The average molecular weight is 264 g/mol. The number of hydrogen-bond acceptors (Lipinski definition) is 3. The summed E-state index contributed by atoms with van der Waals surface area (Å²) in [4.78, 5) is 18.0. The van der Waals surface area contributed by atoms with Crippen LogP contribution in [0.3, 0.4) is 0 Å². The number of rotatable bonds is 6. The minimum atomic E-state index is -0.180. The van der Waals surface area contributed by atoms with Gasteiger partial charge in [-0.3, -0.25) is 4.98 Å². The lowest BCUT2D eigenvalue weighted by Crippen LogP contribution is -2.44. The maximum Gasteiger partial charge on any atom is 0.319 e. The summed E-state index contributed by atoms with van der Waals surface area (Å²) in [6, 6.07) is 3.57. The SMILES string of the molecule is CC(C)C[C@@H](CN(C)C)NC(=O)Nc1cccnc1. The molecule has 1 aromatic rings. The fourth-order valence-electron chi connectivity index (χ4n) is 1.98. The molecule has 0 aliphatic heterocycles. The van der Waals surface area contributed by atoms with Crippen molar-refractivity contribution in [2.75, 3.05) is 26.0 Å². The van der Waals surface area contributed by atoms with Crippen LogP contribution >= 0.6 is 0 Å². The zero-order chi connectivity index (χ0) is 14.3. The predicted molar refractivity (Wildman–Crippen MR) is 78.2 cm³/mol. The molecule has 5 nitrogen and oxygen atoms in total. The Morgan fingerprint density at radius 2 is 2.16 bits per heavy atom. The van der Waals surface area contributed by atoms with E-state index in [1.54, 1.807) is 18.5 Å². The van der Waals surface area contributed by atoms with E-state index in [9.17, 15) is 4.79 Å². The van der Waals surface area contributed by atoms with Crippen molar-refractivity contribution in [2.24, 2.45) is 5.92 Å². The first-order valence-electron chi connectivity index (χ1n) is 6.59. The summed E-state index contributed by atoms with van der Waals surface area (Å²) >= 11 is 0. The Morgan fingerprint density at radius 3 is 2.68 bits per heavy atom. The van der Waals surface area contributed by atoms with Gasteiger partial charge in [0.25, 0.3) is 0 Å². The maximum atomic E-state index is 11.9. The van der Waals surface area contributed by atoms with Crippen molar-refractivity contribution >= 4 is 11.7 Å². The molecule has 0 aliphatic rings. The molecule has 1 aromatic heterocycles. The van der Waals surface area contributed by atoms with Crippen LogP contribution in [-0.4, -0.2) is 42.6 Å². The van der Waals surface area contributed by atoms with Crippen LogP contribution in [-0.2, 0) is 0 Å². The van der Waals surface area contributed by atoms with Crippen molar-refractivity contribution in [1.82, 2.24) is 15.2 Å². The van der Waals surface area contributed by atoms with Crippen molar-refractivity contribution in [3.8, 4) is 0 Å². The molecule has 106 valence electrons. The molecule has 1 heterocycles. The number of carbonyl (C=O) groups excluding carboxylic acids is 1. The Bertz CT molecular complexity index is 368. The first-order chi connectivity index (χ1) is 8.97. The van der Waals surface area contributed by atoms with E-state index in [4.69, 9.17) is 0 Å². The van der Waals surface area contributed by atoms with Gasteiger partial charge in [0.05, 0.1) is 11.9 Å². The van der Waals surface area contributed by atoms with Gasteiger partial charge in [0.1, 0.15) is 0 Å². The zero-order valence-corrected chi connectivity index (χ0v) is 12.2. The second-order valence-corrected chi connectivity index (χ2v) is 5.43. The number of aromatic nitrogens is 1. The molecule has 2 amide bonds. The summed E-state index contributed by atoms with van der Waals surface area (Å²) in [6.45, 7) is 5.14. The van der Waals surface area contributed by atoms with E-state index < -0.39 is 0 Å². The smallest absolute Gasteiger partial charge is 0.319 e. The first-order valence-corrected chi connectivity index (χ1v) is 6.59. The number of nitrogens with one attached hydrogen (secondary N) is 2. The van der Waals surface area contributed by atoms with Crippen molar-refractivity contribution in [3.05, 3.63) is 24.5 Å². The molecule has 1 atom stereocenters. The molecular formula is C14H24N4O. The Morgan fingerprint density at radius 1 is 1.42 bits per heavy atom. The lowest BCUT2D eigenvalue weighted by molar-refractivity contribution is 0.240. The molecule has 0 aliphatic carbocycles. The molecule has 2 N–H and O–H groups in total. The van der Waals surface area contributed by atoms with Gasteiger partial charge in [-0.25, -0.2) is 4.79 Å². The van der Waals surface area contributed by atoms with Crippen LogP contribution in [0.2, 0.25) is 0 Å². The zero-order valence-electron chi connectivity index (χ0n) is 12.2. The number of hydrogen-bond donors (Lipinski definition) is 2. The van der Waals surface area contributed by atoms with Gasteiger partial charge in [0.2, 0.25) is 0 Å². The second kappa shape index (κ2) is 7.74. The average Bonchev–Trinajstić information content (AvgIpc) is 2.27. The Labute approximate surface area is 115 Å². The largest absolute Gasteiger partial charge is 0.334 e. The Kier molecular flexibility index (Phi) is 6.29. The van der Waals surface area contributed by atoms with Crippen LogP contribution in [0.15, 0.2) is 24.5 Å². The predicted octanol–water partition coefficient (Wildman–Crippen LogP) is 2.18. The van der Waals surface area contributed by atoms with Gasteiger partial charge >= 0.3 is 6.03 Å². The monoisotopic (exact) mass is 264 g/mol. The molecule has 0 radical (unpaired) electrons. The third-order valence-electron chi connectivity index (χ3n) is 2.60. The van der Waals surface area contributed by atoms with E-state index in [0.717, 1.165) is 13.0 Å². The normalized spacial score (nSPS) is 12.5. The van der Waals surface area contributed by atoms with Gasteiger partial charge in [0, 0.05) is 18.8 Å². The highest BCUT2D eigenvalue weighted by molar-refractivity contribution is 5.89. The number of likely N-dealkylation sites (N-methyl/N-ethyl adjacent to an activating group) is 1. The molecule has 0 fully saturated rings. The summed E-state index contributed by atoms with van der Waals surface area (Å²) < 4.78 is 0. The summed E-state index contributed by atoms with van der Waals surface area (Å²) in [6.07, 6.45) is 4.26. The van der Waals surface area contributed by atoms with Gasteiger partial charge in [-0.15, -0.1) is 0 Å². The van der Waals surface area contributed by atoms with E-state index in [0.29, 0.717) is 11.6 Å². The quantitative estimate of drug-likeness (QED) is 0.828. The molecule has 0 unspecified atom stereocenters. The lowest BCUT2D eigenvalue weighted by atomic mass is 10.0. The fraction of sp³-hybridized carbons (Fsp3) is 0.571. The van der Waals surface area contributed by atoms with Crippen LogP contribution in [0.1, 0.15) is 20.3 Å². The standard InChI is InChI=1S/C14H24N4O/c1-11(2)8-13(10-18(3)4)17-14(19)16-12-6-5-7-15-9-12/h5-7,9,11,13H,8,10H2,1-4H3,(H2,16,17,19)/t13-/m0/s1. The molecular weight excluding hydrogens is 240 g/mol. The first kappa shape index (κ1) is 15.4. The molecule has 0 spiro atoms. The van der Waals surface area contributed by atoms with Gasteiger partial charge in [-0.05, 0) is 38.6 Å². The van der Waals surface area contributed by atoms with E-state index >= 15 is 0 Å². The Balaban J connectivity index is 2.50. The minimum absolute atomic E-state index is 0.145. The molecule has 19 heavy (non-hydrogen) atoms. The number of anilines is 1. The van der Waals surface area contributed by atoms with Gasteiger partial charge in [-0.2, -0.15) is 0 Å². The third kappa shape index (κ3) is 6.76. The molecule has 0 saturated carbocycles. The fourth-order valence-corrected chi connectivity index (χ4v) is 1.98. The van der Waals surface area contributed by atoms with Crippen LogP contribution in [0.25, 0.3) is 0 Å². The summed E-state index contributed by atoms with van der Waals surface area (Å²) in [5.74, 6) is 0.545. The number of nitrogens with zero attached hydrogens (tertiary/aromatic N) is 2. The Hall–Kier alpha value is -1.62. The molecule has 0 aromatic carbocycles. The summed E-state index contributed by atoms with van der Waals surface area (Å²) in [7, 11) is 4.02. The molecule has 0 bridgehead atoms. The molecule has 1 rings (SSSR count). The number of carbonyl (C=O) groups is 1. The van der Waals surface area contributed by atoms with E-state index in [1.807, 2.05) is 20.2 Å². The lowest BCUT2D eigenvalue weighted by Gasteiger charge is -2.24. The number of pyridine rings is 1. The van der Waals surface area contributed by atoms with E-state index in [-0.39, 0.29) is 12.1 Å². The van der Waals surface area contributed by atoms with Crippen LogP contribution in [0.4, 0.5) is 10.5 Å². The second-order valence-electron chi connectivity index (χ2n) is 5.43. The summed E-state index contributed by atoms with van der Waals surface area (Å²) in [5.41, 5.74) is 0.702. The van der Waals surface area contributed by atoms with Crippen LogP contribution in [0.5, 0.6) is 0 Å². The van der Waals surface area contributed by atoms with Crippen molar-refractivity contribution in [2.45, 2.75) is 26.3 Å². The van der Waals surface area contributed by atoms with Gasteiger partial charge in [0.15, 0.2) is 0 Å². The summed E-state index contributed by atoms with van der Waals surface area (Å²) in [5, 5.41) is 5.80. The molecule has 5 heteroatoms. The highest BCUT2D eigenvalue weighted by Gasteiger charge is 2.14. The number of urea groups is 1. The van der Waals surface area contributed by atoms with Crippen LogP contribution < -0.4 is 10.6 Å². The van der Waals surface area contributed by atoms with Crippen LogP contribution in [0, 0.1) is 5.92 Å². The number of amides is 2. The minimum Gasteiger partial charge on any atom is -0.334 e. The maximum absolute atomic E-state index is 11.9. The van der Waals surface area contributed by atoms with Crippen molar-refractivity contribution in [1.29, 1.82) is 0 Å². The van der Waals surface area contributed by atoms with Crippen molar-refractivity contribution < 1.29 is 4.79 Å². The van der Waals surface area contributed by atoms with Crippen molar-refractivity contribution in [3.63, 3.8) is 0 Å². The molecule has 0 saturated heterocycles. The highest BCUT2D eigenvalue weighted by Crippen LogP contribution is 2.07. The topological polar surface area (TPSA) is 57.3 Å². The van der Waals surface area contributed by atoms with Gasteiger partial charge in [-0.1, -0.05) is 13.8 Å². The van der Waals surface area contributed by atoms with E-state index in [2.05, 4.69) is 34.4 Å². The van der Waals surface area contributed by atoms with Gasteiger partial charge < -0.3 is 15.5 Å².